The molecule has 6 nitrogen and oxygen atoms in total. The molecule has 0 N–H and O–H groups in total. The molecule has 126 valence electrons. The Morgan fingerprint density at radius 1 is 1.32 bits per heavy atom. The third kappa shape index (κ3) is 4.55. The molecular weight excluding hydrogens is 316 g/mol. The van der Waals surface area contributed by atoms with Gasteiger partial charge in [-0.1, -0.05) is 29.8 Å². The Kier molecular flexibility index (Phi) is 6.08. The van der Waals surface area contributed by atoms with Crippen molar-refractivity contribution in [1.82, 2.24) is 9.78 Å². The molecule has 0 saturated heterocycles. The van der Waals surface area contributed by atoms with Crippen LogP contribution in [-0.2, 0) is 16.1 Å². The highest BCUT2D eigenvalue weighted by Gasteiger charge is 2.15. The van der Waals surface area contributed by atoms with Gasteiger partial charge in [-0.05, 0) is 19.9 Å². The molecule has 2 aromatic rings. The molecule has 0 atom stereocenters. The van der Waals surface area contributed by atoms with Gasteiger partial charge in [0.2, 0.25) is 0 Å². The fraction of sp³-hybridized carbons (Fsp3) is 0.263. The average Bonchev–Trinajstić information content (AvgIpc) is 3.01. The first-order valence-electron chi connectivity index (χ1n) is 7.89. The van der Waals surface area contributed by atoms with E-state index < -0.39 is 5.97 Å². The summed E-state index contributed by atoms with van der Waals surface area (Å²) in [6.07, 6.45) is 3.52. The van der Waals surface area contributed by atoms with Crippen molar-refractivity contribution in [2.75, 3.05) is 6.61 Å². The van der Waals surface area contributed by atoms with Crippen molar-refractivity contribution in [2.45, 2.75) is 26.8 Å². The average molecular weight is 334 g/mol. The predicted molar refractivity (Wildman–Crippen MR) is 92.9 cm³/mol. The highest BCUT2D eigenvalue weighted by molar-refractivity contribution is 5.98. The number of aromatic nitrogens is 2. The highest BCUT2D eigenvalue weighted by atomic mass is 16.5. The van der Waals surface area contributed by atoms with Crippen LogP contribution in [0.1, 0.15) is 24.5 Å². The van der Waals surface area contributed by atoms with E-state index in [-0.39, 0.29) is 12.2 Å². The summed E-state index contributed by atoms with van der Waals surface area (Å²) >= 11 is 0. The van der Waals surface area contributed by atoms with Gasteiger partial charge in [-0.3, -0.25) is 4.68 Å². The van der Waals surface area contributed by atoms with E-state index in [4.69, 9.17) is 10.00 Å². The van der Waals surface area contributed by atoms with E-state index in [1.807, 2.05) is 37.3 Å². The van der Waals surface area contributed by atoms with Gasteiger partial charge in [0.25, 0.3) is 0 Å². The summed E-state index contributed by atoms with van der Waals surface area (Å²) in [6.45, 7) is 4.31. The molecular formula is C19H18N4O2. The fourth-order valence-electron chi connectivity index (χ4n) is 2.26. The van der Waals surface area contributed by atoms with Gasteiger partial charge in [-0.25, -0.2) is 4.79 Å². The number of aryl methyl sites for hydroxylation is 2. The third-order valence-corrected chi connectivity index (χ3v) is 3.48. The molecule has 0 fully saturated rings. The Morgan fingerprint density at radius 3 is 2.64 bits per heavy atom. The van der Waals surface area contributed by atoms with E-state index in [0.29, 0.717) is 24.2 Å². The number of benzene rings is 1. The van der Waals surface area contributed by atoms with Gasteiger partial charge in [0.15, 0.2) is 0 Å². The number of ether oxygens (including phenoxy) is 1. The molecule has 1 aromatic heterocycles. The maximum atomic E-state index is 11.9. The smallest absolute Gasteiger partial charge is 0.348 e. The summed E-state index contributed by atoms with van der Waals surface area (Å²) in [6, 6.07) is 11.7. The van der Waals surface area contributed by atoms with Crippen molar-refractivity contribution in [3.05, 3.63) is 47.2 Å². The number of hydrogen-bond donors (Lipinski definition) is 0. The largest absolute Gasteiger partial charge is 0.462 e. The maximum Gasteiger partial charge on any atom is 0.348 e. The summed E-state index contributed by atoms with van der Waals surface area (Å²) < 4.78 is 6.54. The van der Waals surface area contributed by atoms with Gasteiger partial charge in [-0.2, -0.15) is 15.6 Å². The molecule has 1 aromatic carbocycles. The van der Waals surface area contributed by atoms with Gasteiger partial charge >= 0.3 is 5.97 Å². The van der Waals surface area contributed by atoms with E-state index >= 15 is 0 Å². The quantitative estimate of drug-likeness (QED) is 0.459. The zero-order chi connectivity index (χ0) is 18.2. The molecule has 0 aliphatic carbocycles. The fourth-order valence-corrected chi connectivity index (χ4v) is 2.26. The Hall–Kier alpha value is -3.38. The van der Waals surface area contributed by atoms with Crippen LogP contribution in [0.4, 0.5) is 0 Å². The first-order chi connectivity index (χ1) is 12.1. The second-order valence-electron chi connectivity index (χ2n) is 5.36. The normalized spacial score (nSPS) is 10.8. The molecule has 0 amide bonds. The van der Waals surface area contributed by atoms with E-state index in [1.165, 1.54) is 6.08 Å². The topological polar surface area (TPSA) is 91.7 Å². The van der Waals surface area contributed by atoms with Gasteiger partial charge < -0.3 is 4.74 Å². The molecule has 0 radical (unpaired) electrons. The second kappa shape index (κ2) is 8.47. The lowest BCUT2D eigenvalue weighted by molar-refractivity contribution is -0.137. The lowest BCUT2D eigenvalue weighted by Crippen LogP contribution is -2.06. The Labute approximate surface area is 146 Å². The van der Waals surface area contributed by atoms with Crippen LogP contribution < -0.4 is 0 Å². The van der Waals surface area contributed by atoms with E-state index in [9.17, 15) is 10.1 Å². The molecule has 0 saturated carbocycles. The van der Waals surface area contributed by atoms with Crippen LogP contribution in [0.3, 0.4) is 0 Å². The van der Waals surface area contributed by atoms with Crippen LogP contribution in [0.5, 0.6) is 0 Å². The summed E-state index contributed by atoms with van der Waals surface area (Å²) in [5, 5.41) is 22.5. The lowest BCUT2D eigenvalue weighted by atomic mass is 10.0. The number of nitriles is 2. The molecule has 6 heteroatoms. The highest BCUT2D eigenvalue weighted by Crippen LogP contribution is 2.25. The van der Waals surface area contributed by atoms with Crippen LogP contribution in [-0.4, -0.2) is 22.4 Å². The Bertz CT molecular complexity index is 864. The van der Waals surface area contributed by atoms with E-state index in [2.05, 4.69) is 11.2 Å². The van der Waals surface area contributed by atoms with Crippen molar-refractivity contribution >= 4 is 12.0 Å². The van der Waals surface area contributed by atoms with Crippen LogP contribution in [0, 0.1) is 29.6 Å². The van der Waals surface area contributed by atoms with E-state index in [0.717, 1.165) is 11.1 Å². The van der Waals surface area contributed by atoms with Crippen LogP contribution in [0.25, 0.3) is 17.3 Å². The Balaban J connectivity index is 2.49. The van der Waals surface area contributed by atoms with Gasteiger partial charge in [0, 0.05) is 17.3 Å². The number of carbonyl (C=O) groups excluding carboxylic acids is 1. The minimum absolute atomic E-state index is 0.0879. The van der Waals surface area contributed by atoms with Crippen molar-refractivity contribution in [3.8, 4) is 23.4 Å². The van der Waals surface area contributed by atoms with Gasteiger partial charge in [0.1, 0.15) is 11.6 Å². The van der Waals surface area contributed by atoms with Crippen molar-refractivity contribution in [2.24, 2.45) is 0 Å². The van der Waals surface area contributed by atoms with Crippen molar-refractivity contribution in [3.63, 3.8) is 0 Å². The third-order valence-electron chi connectivity index (χ3n) is 3.48. The second-order valence-corrected chi connectivity index (χ2v) is 5.36. The van der Waals surface area contributed by atoms with Crippen LogP contribution >= 0.6 is 0 Å². The standard InChI is InChI=1S/C19H18N4O2/c1-3-25-19(24)16(12-21)11-17-13-23(10-4-9-20)22-18(17)15-7-5-14(2)6-8-15/h5-8,11,13H,3-4,10H2,1-2H3/b16-11-. The number of esters is 1. The van der Waals surface area contributed by atoms with E-state index in [1.54, 1.807) is 17.8 Å². The summed E-state index contributed by atoms with van der Waals surface area (Å²) in [5.41, 5.74) is 3.18. The zero-order valence-electron chi connectivity index (χ0n) is 14.2. The minimum atomic E-state index is -0.662. The van der Waals surface area contributed by atoms with Gasteiger partial charge in [-0.15, -0.1) is 0 Å². The molecule has 0 unspecified atom stereocenters. The number of rotatable bonds is 6. The first-order valence-corrected chi connectivity index (χ1v) is 7.89. The monoisotopic (exact) mass is 334 g/mol. The first kappa shape index (κ1) is 18.0. The summed E-state index contributed by atoms with van der Waals surface area (Å²) in [7, 11) is 0. The van der Waals surface area contributed by atoms with Gasteiger partial charge in [0.05, 0.1) is 31.3 Å². The van der Waals surface area contributed by atoms with Crippen molar-refractivity contribution < 1.29 is 9.53 Å². The molecule has 25 heavy (non-hydrogen) atoms. The lowest BCUT2D eigenvalue weighted by Gasteiger charge is -2.01. The number of carbonyl (C=O) groups is 1. The molecule has 2 rings (SSSR count). The SMILES string of the molecule is CCOC(=O)/C(C#N)=C\c1cn(CCC#N)nc1-c1ccc(C)cc1. The molecule has 0 bridgehead atoms. The van der Waals surface area contributed by atoms with Crippen LogP contribution in [0.15, 0.2) is 36.0 Å². The zero-order valence-corrected chi connectivity index (χ0v) is 14.2. The Morgan fingerprint density at radius 2 is 2.04 bits per heavy atom. The number of hydrogen-bond acceptors (Lipinski definition) is 5. The maximum absolute atomic E-state index is 11.9. The summed E-state index contributed by atoms with van der Waals surface area (Å²) in [5.74, 6) is -0.662. The molecule has 0 aliphatic rings. The number of nitrogens with zero attached hydrogens (tertiary/aromatic N) is 4. The summed E-state index contributed by atoms with van der Waals surface area (Å²) in [4.78, 5) is 11.9. The minimum Gasteiger partial charge on any atom is -0.462 e. The predicted octanol–water partition coefficient (Wildman–Crippen LogP) is 3.24. The molecule has 0 aliphatic heterocycles. The van der Waals surface area contributed by atoms with Crippen molar-refractivity contribution in [1.29, 1.82) is 10.5 Å². The molecule has 1 heterocycles. The molecule has 0 spiro atoms. The van der Waals surface area contributed by atoms with Crippen LogP contribution in [0.2, 0.25) is 0 Å².